The number of para-hydroxylation sites is 4. The van der Waals surface area contributed by atoms with Gasteiger partial charge in [-0.25, -0.2) is 0 Å². The van der Waals surface area contributed by atoms with Gasteiger partial charge in [-0.2, -0.15) is 0 Å². The summed E-state index contributed by atoms with van der Waals surface area (Å²) >= 11 is 0. The third-order valence-electron chi connectivity index (χ3n) is 6.93. The van der Waals surface area contributed by atoms with Crippen molar-refractivity contribution in [3.8, 4) is 0 Å². The minimum Gasteiger partial charge on any atom is -0.655 e. The van der Waals surface area contributed by atoms with E-state index in [2.05, 4.69) is 128 Å². The normalized spacial score (nSPS) is 11.1. The van der Waals surface area contributed by atoms with Crippen molar-refractivity contribution < 1.29 is 19.5 Å². The van der Waals surface area contributed by atoms with Crippen molar-refractivity contribution in [2.24, 2.45) is 0 Å². The van der Waals surface area contributed by atoms with Gasteiger partial charge in [0, 0.05) is 15.8 Å². The van der Waals surface area contributed by atoms with Gasteiger partial charge in [0.25, 0.3) is 0 Å². The first-order valence-electron chi connectivity index (χ1n) is 14.6. The molecule has 0 unspecified atom stereocenters. The largest absolute Gasteiger partial charge is 2.00 e. The second-order valence-electron chi connectivity index (χ2n) is 11.5. The predicted octanol–water partition coefficient (Wildman–Crippen LogP) is 11.4. The molecule has 4 rings (SSSR count). The van der Waals surface area contributed by atoms with Crippen LogP contribution in [-0.4, -0.2) is 22.6 Å². The molecule has 0 aliphatic carbocycles. The van der Waals surface area contributed by atoms with Crippen molar-refractivity contribution >= 4 is 49.2 Å². The van der Waals surface area contributed by atoms with Crippen LogP contribution >= 0.6 is 15.8 Å². The second-order valence-corrected chi connectivity index (χ2v) is 19.0. The van der Waals surface area contributed by atoms with Crippen molar-refractivity contribution in [2.75, 3.05) is 0 Å². The van der Waals surface area contributed by atoms with Gasteiger partial charge in [0.2, 0.25) is 0 Å². The van der Waals surface area contributed by atoms with Crippen LogP contribution in [0, 0.1) is 0 Å². The van der Waals surface area contributed by atoms with Crippen LogP contribution in [0.3, 0.4) is 0 Å². The number of benzene rings is 4. The van der Waals surface area contributed by atoms with Gasteiger partial charge in [0.1, 0.15) is 0 Å². The van der Waals surface area contributed by atoms with Crippen molar-refractivity contribution in [3.05, 3.63) is 120 Å². The summed E-state index contributed by atoms with van der Waals surface area (Å²) in [4.78, 5) is 0. The maximum atomic E-state index is 4.85. The van der Waals surface area contributed by atoms with Gasteiger partial charge >= 0.3 is 19.5 Å². The van der Waals surface area contributed by atoms with Crippen molar-refractivity contribution in [1.82, 2.24) is 0 Å². The second kappa shape index (κ2) is 17.8. The summed E-state index contributed by atoms with van der Waals surface area (Å²) < 4.78 is 0. The van der Waals surface area contributed by atoms with Gasteiger partial charge in [0.15, 0.2) is 0 Å². The van der Waals surface area contributed by atoms with E-state index in [-0.39, 0.29) is 19.5 Å². The number of nitrogens with zero attached hydrogens (tertiary/aromatic N) is 2. The maximum Gasteiger partial charge on any atom is 2.00 e. The molecule has 0 radical (unpaired) electrons. The van der Waals surface area contributed by atoms with Gasteiger partial charge in [-0.3, -0.25) is 0 Å². The molecule has 0 saturated carbocycles. The molecule has 41 heavy (non-hydrogen) atoms. The summed E-state index contributed by atoms with van der Waals surface area (Å²) in [6, 6.07) is 37.8. The minimum atomic E-state index is -0.599. The molecule has 4 aromatic rings. The van der Waals surface area contributed by atoms with Crippen LogP contribution in [0.2, 0.25) is 0 Å². The summed E-state index contributed by atoms with van der Waals surface area (Å²) in [5, 5.41) is 12.6. The number of rotatable bonds is 10. The summed E-state index contributed by atoms with van der Waals surface area (Å²) in [7, 11) is -1.20. The maximum absolute atomic E-state index is 4.85. The zero-order valence-corrected chi connectivity index (χ0v) is 31.3. The molecule has 0 heterocycles. The molecule has 0 aliphatic rings. The zero-order valence-electron chi connectivity index (χ0n) is 26.3. The summed E-state index contributed by atoms with van der Waals surface area (Å²) in [5.41, 5.74) is 7.23. The number of hydrogen-bond acceptors (Lipinski definition) is 0. The molecule has 0 atom stereocenters. The smallest absolute Gasteiger partial charge is 0.655 e. The van der Waals surface area contributed by atoms with E-state index in [1.165, 1.54) is 10.6 Å². The first-order chi connectivity index (χ1) is 19.2. The fraction of sp³-hybridized carbons (Fsp3) is 0.333. The average molecular weight is 636 g/mol. The Bertz CT molecular complexity index is 1160. The predicted molar refractivity (Wildman–Crippen MR) is 188 cm³/mol. The topological polar surface area (TPSA) is 28.2 Å². The van der Waals surface area contributed by atoms with Crippen LogP contribution in [0.5, 0.6) is 0 Å². The van der Waals surface area contributed by atoms with E-state index >= 15 is 0 Å². The average Bonchev–Trinajstić information content (AvgIpc) is 2.92. The van der Waals surface area contributed by atoms with Crippen molar-refractivity contribution in [1.29, 1.82) is 0 Å². The van der Waals surface area contributed by atoms with Crippen molar-refractivity contribution in [3.63, 3.8) is 0 Å². The summed E-state index contributed by atoms with van der Waals surface area (Å²) in [5.74, 6) is 0. The van der Waals surface area contributed by atoms with Gasteiger partial charge in [-0.15, -0.1) is 11.4 Å². The van der Waals surface area contributed by atoms with E-state index in [1.54, 1.807) is 0 Å². The van der Waals surface area contributed by atoms with E-state index in [0.29, 0.717) is 22.6 Å². The Hall–Kier alpha value is -2.04. The molecule has 212 valence electrons. The molecule has 0 spiro atoms. The molecule has 0 saturated heterocycles. The summed E-state index contributed by atoms with van der Waals surface area (Å²) in [6.07, 6.45) is 0. The Morgan fingerprint density at radius 2 is 0.659 bits per heavy atom. The third kappa shape index (κ3) is 10.6. The van der Waals surface area contributed by atoms with Crippen LogP contribution in [0.25, 0.3) is 10.6 Å². The van der Waals surface area contributed by atoms with Gasteiger partial charge in [-0.1, -0.05) is 108 Å². The number of hydrogen-bond donors (Lipinski definition) is 0. The molecule has 5 heteroatoms. The Kier molecular flexibility index (Phi) is 15.3. The molecule has 0 N–H and O–H groups in total. The fourth-order valence-corrected chi connectivity index (χ4v) is 12.1. The van der Waals surface area contributed by atoms with E-state index in [9.17, 15) is 0 Å². The van der Waals surface area contributed by atoms with E-state index in [4.69, 9.17) is 10.6 Å². The van der Waals surface area contributed by atoms with Gasteiger partial charge < -0.3 is 10.6 Å². The molecule has 4 aromatic carbocycles. The van der Waals surface area contributed by atoms with Crippen LogP contribution in [0.4, 0.5) is 22.7 Å². The van der Waals surface area contributed by atoms with E-state index in [0.717, 1.165) is 22.7 Å². The minimum absolute atomic E-state index is 0. The fourth-order valence-electron chi connectivity index (χ4n) is 5.49. The van der Waals surface area contributed by atoms with Crippen LogP contribution in [0.1, 0.15) is 55.4 Å². The SMILES string of the molecule is CC(C)[PH+](c1ccccc1[N-]c1ccccc1)C(C)C.CC(C)[PH+](c1ccccc1[N-]c1ccccc1)C(C)C.[Zn+2]. The van der Waals surface area contributed by atoms with Crippen molar-refractivity contribution in [2.45, 2.75) is 78.0 Å². The molecule has 0 aromatic heterocycles. The molecule has 2 nitrogen and oxygen atoms in total. The zero-order chi connectivity index (χ0) is 29.1. The molecule has 0 aliphatic heterocycles. The monoisotopic (exact) mass is 634 g/mol. The van der Waals surface area contributed by atoms with E-state index < -0.39 is 15.8 Å². The molecular weight excluding hydrogens is 588 g/mol. The Morgan fingerprint density at radius 1 is 0.390 bits per heavy atom. The van der Waals surface area contributed by atoms with Crippen LogP contribution < -0.4 is 10.6 Å². The van der Waals surface area contributed by atoms with Crippen LogP contribution in [0.15, 0.2) is 109 Å². The quantitative estimate of drug-likeness (QED) is 0.122. The Labute approximate surface area is 265 Å². The summed E-state index contributed by atoms with van der Waals surface area (Å²) in [6.45, 7) is 18.7. The molecule has 0 amide bonds. The first kappa shape index (κ1) is 35.2. The molecular formula is C36H48N2P2Zn+2. The first-order valence-corrected chi connectivity index (χ1v) is 18.0. The van der Waals surface area contributed by atoms with E-state index in [1.807, 2.05) is 36.4 Å². The molecule has 0 bridgehead atoms. The molecule has 0 fully saturated rings. The Morgan fingerprint density at radius 3 is 0.951 bits per heavy atom. The van der Waals surface area contributed by atoms with Gasteiger partial charge in [-0.05, 0) is 67.5 Å². The third-order valence-corrected chi connectivity index (χ3v) is 14.0. The van der Waals surface area contributed by atoms with Crippen LogP contribution in [-0.2, 0) is 19.5 Å². The standard InChI is InChI=1S/2C18H23NP.Zn/c2*1-14(2)20(15(3)4)18-13-9-8-12-17(18)19-16-10-6-5-7-11-16;/h2*5-15H,1-4H3;/q2*-1;+2/p+2. The van der Waals surface area contributed by atoms with Gasteiger partial charge in [0.05, 0.1) is 33.2 Å². The Balaban J connectivity index is 0.000000280.